The molecule has 0 rings (SSSR count). The Morgan fingerprint density at radius 3 is 1.50 bits per heavy atom. The van der Waals surface area contributed by atoms with Crippen LogP contribution in [0.5, 0.6) is 0 Å². The lowest BCUT2D eigenvalue weighted by molar-refractivity contribution is -0.113. The van der Waals surface area contributed by atoms with E-state index in [1.807, 2.05) is 6.08 Å². The average molecular weight is 199 g/mol. The highest BCUT2D eigenvalue weighted by molar-refractivity contribution is 4.85. The van der Waals surface area contributed by atoms with E-state index in [9.17, 15) is 0 Å². The molecule has 0 aromatic carbocycles. The Hall–Kier alpha value is -0.380. The van der Waals surface area contributed by atoms with Crippen LogP contribution in [0, 0.1) is 0 Å². The SMILES string of the molecule is C=CCCC(N(C)C)(N(C)C)N(C)C. The normalized spacial score (nSPS) is 12.9. The molecule has 3 nitrogen and oxygen atoms in total. The van der Waals surface area contributed by atoms with Gasteiger partial charge in [0.1, 0.15) is 5.79 Å². The third-order valence-corrected chi connectivity index (χ3v) is 2.83. The number of rotatable bonds is 6. The molecule has 84 valence electrons. The van der Waals surface area contributed by atoms with Gasteiger partial charge in [0.25, 0.3) is 0 Å². The highest BCUT2D eigenvalue weighted by atomic mass is 15.5. The molecule has 3 heteroatoms. The predicted octanol–water partition coefficient (Wildman–Crippen LogP) is 1.29. The first-order valence-electron chi connectivity index (χ1n) is 5.02. The Morgan fingerprint density at radius 2 is 1.29 bits per heavy atom. The molecule has 0 fully saturated rings. The van der Waals surface area contributed by atoms with Crippen molar-refractivity contribution in [2.24, 2.45) is 0 Å². The van der Waals surface area contributed by atoms with E-state index < -0.39 is 0 Å². The molecule has 0 bridgehead atoms. The summed E-state index contributed by atoms with van der Waals surface area (Å²) in [6, 6.07) is 0. The molecule has 14 heavy (non-hydrogen) atoms. The summed E-state index contributed by atoms with van der Waals surface area (Å²) in [6.45, 7) is 3.79. The maximum absolute atomic E-state index is 3.79. The van der Waals surface area contributed by atoms with Gasteiger partial charge in [0.05, 0.1) is 0 Å². The fourth-order valence-corrected chi connectivity index (χ4v) is 2.17. The molecule has 0 saturated carbocycles. The van der Waals surface area contributed by atoms with Crippen molar-refractivity contribution in [2.75, 3.05) is 42.3 Å². The van der Waals surface area contributed by atoms with Crippen LogP contribution < -0.4 is 0 Å². The monoisotopic (exact) mass is 199 g/mol. The van der Waals surface area contributed by atoms with Crippen molar-refractivity contribution in [1.29, 1.82) is 0 Å². The van der Waals surface area contributed by atoms with Gasteiger partial charge < -0.3 is 0 Å². The number of nitrogens with zero attached hydrogens (tertiary/aromatic N) is 3. The Morgan fingerprint density at radius 1 is 0.929 bits per heavy atom. The second-order valence-electron chi connectivity index (χ2n) is 4.28. The fourth-order valence-electron chi connectivity index (χ4n) is 2.17. The van der Waals surface area contributed by atoms with Crippen molar-refractivity contribution in [3.63, 3.8) is 0 Å². The molecule has 0 unspecified atom stereocenters. The van der Waals surface area contributed by atoms with Gasteiger partial charge in [-0.05, 0) is 55.1 Å². The molecule has 0 atom stereocenters. The van der Waals surface area contributed by atoms with E-state index >= 15 is 0 Å². The predicted molar refractivity (Wildman–Crippen MR) is 63.2 cm³/mol. The van der Waals surface area contributed by atoms with Crippen LogP contribution in [0.4, 0.5) is 0 Å². The maximum atomic E-state index is 3.79. The molecule has 0 saturated heterocycles. The van der Waals surface area contributed by atoms with Crippen molar-refractivity contribution < 1.29 is 0 Å². The Balaban J connectivity index is 4.84. The van der Waals surface area contributed by atoms with Gasteiger partial charge in [-0.25, -0.2) is 0 Å². The number of allylic oxidation sites excluding steroid dienone is 1. The van der Waals surface area contributed by atoms with Crippen molar-refractivity contribution in [3.8, 4) is 0 Å². The topological polar surface area (TPSA) is 9.72 Å². The van der Waals surface area contributed by atoms with Crippen LogP contribution in [-0.2, 0) is 0 Å². The maximum Gasteiger partial charge on any atom is 0.129 e. The minimum Gasteiger partial charge on any atom is -0.279 e. The summed E-state index contributed by atoms with van der Waals surface area (Å²) in [4.78, 5) is 6.74. The van der Waals surface area contributed by atoms with Gasteiger partial charge in [-0.2, -0.15) is 0 Å². The summed E-state index contributed by atoms with van der Waals surface area (Å²) in [7, 11) is 12.7. The zero-order valence-corrected chi connectivity index (χ0v) is 10.5. The Labute approximate surface area is 89.0 Å². The molecule has 0 radical (unpaired) electrons. The lowest BCUT2D eigenvalue weighted by atomic mass is 10.1. The van der Waals surface area contributed by atoms with E-state index in [4.69, 9.17) is 0 Å². The summed E-state index contributed by atoms with van der Waals surface area (Å²) in [5.74, 6) is -0.0197. The van der Waals surface area contributed by atoms with E-state index in [1.165, 1.54) is 0 Å². The minimum absolute atomic E-state index is 0.0197. The zero-order valence-electron chi connectivity index (χ0n) is 10.5. The van der Waals surface area contributed by atoms with Gasteiger partial charge in [0.2, 0.25) is 0 Å². The molecular weight excluding hydrogens is 174 g/mol. The Kier molecular flexibility index (Phi) is 5.34. The van der Waals surface area contributed by atoms with Crippen LogP contribution in [0.15, 0.2) is 12.7 Å². The molecule has 0 aromatic rings. The summed E-state index contributed by atoms with van der Waals surface area (Å²) < 4.78 is 0. The quantitative estimate of drug-likeness (QED) is 0.471. The van der Waals surface area contributed by atoms with Crippen molar-refractivity contribution in [3.05, 3.63) is 12.7 Å². The smallest absolute Gasteiger partial charge is 0.129 e. The van der Waals surface area contributed by atoms with Gasteiger partial charge in [0, 0.05) is 0 Å². The molecule has 0 spiro atoms. The molecular formula is C11H25N3. The lowest BCUT2D eigenvalue weighted by Crippen LogP contribution is -2.63. The Bertz CT molecular complexity index is 152. The second kappa shape index (κ2) is 5.49. The first-order valence-corrected chi connectivity index (χ1v) is 5.02. The van der Waals surface area contributed by atoms with Gasteiger partial charge in [-0.1, -0.05) is 6.08 Å². The van der Waals surface area contributed by atoms with Gasteiger partial charge in [-0.15, -0.1) is 6.58 Å². The van der Waals surface area contributed by atoms with E-state index in [0.717, 1.165) is 12.8 Å². The highest BCUT2D eigenvalue weighted by Gasteiger charge is 2.36. The van der Waals surface area contributed by atoms with Crippen molar-refractivity contribution in [1.82, 2.24) is 14.7 Å². The number of hydrogen-bond acceptors (Lipinski definition) is 3. The van der Waals surface area contributed by atoms with Crippen LogP contribution in [0.1, 0.15) is 12.8 Å². The van der Waals surface area contributed by atoms with Crippen LogP contribution >= 0.6 is 0 Å². The largest absolute Gasteiger partial charge is 0.279 e. The van der Waals surface area contributed by atoms with Crippen molar-refractivity contribution >= 4 is 0 Å². The standard InChI is InChI=1S/C11H25N3/c1-8-9-10-11(12(2)3,13(4)5)14(6)7/h8H,1,9-10H2,2-7H3. The van der Waals surface area contributed by atoms with Gasteiger partial charge in [-0.3, -0.25) is 14.7 Å². The number of hydrogen-bond donors (Lipinski definition) is 0. The summed E-state index contributed by atoms with van der Waals surface area (Å²) in [5.41, 5.74) is 0. The van der Waals surface area contributed by atoms with E-state index in [2.05, 4.69) is 63.6 Å². The van der Waals surface area contributed by atoms with E-state index in [0.29, 0.717) is 0 Å². The third kappa shape index (κ3) is 2.56. The molecule has 0 aliphatic carbocycles. The molecule has 0 aromatic heterocycles. The summed E-state index contributed by atoms with van der Waals surface area (Å²) in [6.07, 6.45) is 4.06. The van der Waals surface area contributed by atoms with Crippen LogP contribution in [0.2, 0.25) is 0 Å². The van der Waals surface area contributed by atoms with Crippen LogP contribution in [-0.4, -0.2) is 62.8 Å². The zero-order chi connectivity index (χ0) is 11.4. The minimum atomic E-state index is -0.0197. The highest BCUT2D eigenvalue weighted by Crippen LogP contribution is 2.24. The molecule has 0 amide bonds. The van der Waals surface area contributed by atoms with E-state index in [1.54, 1.807) is 0 Å². The lowest BCUT2D eigenvalue weighted by Gasteiger charge is -2.49. The summed E-state index contributed by atoms with van der Waals surface area (Å²) >= 11 is 0. The average Bonchev–Trinajstić information content (AvgIpc) is 2.03. The summed E-state index contributed by atoms with van der Waals surface area (Å²) in [5, 5.41) is 0. The van der Waals surface area contributed by atoms with Crippen LogP contribution in [0.25, 0.3) is 0 Å². The van der Waals surface area contributed by atoms with Crippen LogP contribution in [0.3, 0.4) is 0 Å². The molecule has 0 N–H and O–H groups in total. The van der Waals surface area contributed by atoms with Crippen molar-refractivity contribution in [2.45, 2.75) is 18.6 Å². The fraction of sp³-hybridized carbons (Fsp3) is 0.818. The third-order valence-electron chi connectivity index (χ3n) is 2.83. The molecule has 0 aliphatic heterocycles. The molecule has 0 heterocycles. The first kappa shape index (κ1) is 13.6. The second-order valence-corrected chi connectivity index (χ2v) is 4.28. The molecule has 0 aliphatic rings. The van der Waals surface area contributed by atoms with Gasteiger partial charge >= 0.3 is 0 Å². The first-order chi connectivity index (χ1) is 6.39. The van der Waals surface area contributed by atoms with E-state index in [-0.39, 0.29) is 5.79 Å². The van der Waals surface area contributed by atoms with Gasteiger partial charge in [0.15, 0.2) is 0 Å².